The van der Waals surface area contributed by atoms with Gasteiger partial charge in [0.05, 0.1) is 4.90 Å². The normalized spacial score (nSPS) is 19.5. The van der Waals surface area contributed by atoms with Crippen molar-refractivity contribution >= 4 is 22.0 Å². The van der Waals surface area contributed by atoms with Crippen molar-refractivity contribution in [2.75, 3.05) is 39.3 Å². The standard InChI is InChI=1S/C23H35N3O5S/c1-18-6-8-20(9-7-18)32(29,30)26-13-5-12-24(16-17-26)21(27)19-10-14-25(15-11-19)22(28)31-23(2,3)4/h6-9,19H,5,10-17H2,1-4H3. The molecule has 1 aromatic rings. The van der Waals surface area contributed by atoms with Gasteiger partial charge >= 0.3 is 6.09 Å². The predicted molar refractivity (Wildman–Crippen MR) is 122 cm³/mol. The Morgan fingerprint density at radius 2 is 1.53 bits per heavy atom. The van der Waals surface area contributed by atoms with Gasteiger partial charge in [-0.2, -0.15) is 4.31 Å². The molecule has 0 aromatic heterocycles. The highest BCUT2D eigenvalue weighted by molar-refractivity contribution is 7.89. The fourth-order valence-electron chi connectivity index (χ4n) is 4.11. The zero-order chi connectivity index (χ0) is 23.5. The number of hydrogen-bond donors (Lipinski definition) is 0. The third kappa shape index (κ3) is 6.01. The first-order chi connectivity index (χ1) is 15.0. The lowest BCUT2D eigenvalue weighted by molar-refractivity contribution is -0.136. The van der Waals surface area contributed by atoms with Gasteiger partial charge in [0, 0.05) is 45.2 Å². The molecule has 0 bridgehead atoms. The second-order valence-electron chi connectivity index (χ2n) is 9.64. The summed E-state index contributed by atoms with van der Waals surface area (Å²) in [4.78, 5) is 29.1. The van der Waals surface area contributed by atoms with Crippen LogP contribution >= 0.6 is 0 Å². The first kappa shape index (κ1) is 24.5. The third-order valence-corrected chi connectivity index (χ3v) is 7.83. The Morgan fingerprint density at radius 1 is 0.906 bits per heavy atom. The monoisotopic (exact) mass is 465 g/mol. The number of hydrogen-bond acceptors (Lipinski definition) is 5. The van der Waals surface area contributed by atoms with Crippen LogP contribution in [0.2, 0.25) is 0 Å². The summed E-state index contributed by atoms with van der Waals surface area (Å²) in [7, 11) is -3.57. The van der Waals surface area contributed by atoms with E-state index in [1.54, 1.807) is 34.1 Å². The molecule has 0 radical (unpaired) electrons. The van der Waals surface area contributed by atoms with E-state index in [9.17, 15) is 18.0 Å². The topological polar surface area (TPSA) is 87.2 Å². The molecule has 2 fully saturated rings. The Balaban J connectivity index is 1.55. The summed E-state index contributed by atoms with van der Waals surface area (Å²) in [5, 5.41) is 0. The molecular formula is C23H35N3O5S. The van der Waals surface area contributed by atoms with Crippen LogP contribution in [0.25, 0.3) is 0 Å². The Kier molecular flexibility index (Phi) is 7.50. The summed E-state index contributed by atoms with van der Waals surface area (Å²) in [6, 6.07) is 6.86. The van der Waals surface area contributed by atoms with E-state index in [4.69, 9.17) is 4.74 Å². The Morgan fingerprint density at radius 3 is 2.12 bits per heavy atom. The average Bonchev–Trinajstić information content (AvgIpc) is 2.99. The minimum absolute atomic E-state index is 0.0587. The fraction of sp³-hybridized carbons (Fsp3) is 0.652. The van der Waals surface area contributed by atoms with E-state index in [-0.39, 0.29) is 22.8 Å². The largest absolute Gasteiger partial charge is 0.444 e. The predicted octanol–water partition coefficient (Wildman–Crippen LogP) is 2.87. The minimum Gasteiger partial charge on any atom is -0.444 e. The quantitative estimate of drug-likeness (QED) is 0.685. The smallest absolute Gasteiger partial charge is 0.410 e. The summed E-state index contributed by atoms with van der Waals surface area (Å²) < 4.78 is 32.9. The van der Waals surface area contributed by atoms with E-state index in [0.29, 0.717) is 58.5 Å². The molecular weight excluding hydrogens is 430 g/mol. The van der Waals surface area contributed by atoms with Crippen molar-refractivity contribution in [2.24, 2.45) is 5.92 Å². The molecule has 0 atom stereocenters. The summed E-state index contributed by atoms with van der Waals surface area (Å²) in [5.74, 6) is -0.0858. The van der Waals surface area contributed by atoms with Gasteiger partial charge in [-0.15, -0.1) is 0 Å². The number of piperidine rings is 1. The lowest BCUT2D eigenvalue weighted by Crippen LogP contribution is -2.46. The molecule has 2 amide bonds. The number of carbonyl (C=O) groups excluding carboxylic acids is 2. The first-order valence-corrected chi connectivity index (χ1v) is 12.7. The number of carbonyl (C=O) groups is 2. The molecule has 1 aromatic carbocycles. The number of aryl methyl sites for hydroxylation is 1. The van der Waals surface area contributed by atoms with E-state index >= 15 is 0 Å². The number of ether oxygens (including phenoxy) is 1. The molecule has 2 saturated heterocycles. The first-order valence-electron chi connectivity index (χ1n) is 11.3. The lowest BCUT2D eigenvalue weighted by atomic mass is 9.95. The van der Waals surface area contributed by atoms with Gasteiger partial charge in [0.15, 0.2) is 0 Å². The van der Waals surface area contributed by atoms with Gasteiger partial charge in [-0.25, -0.2) is 13.2 Å². The van der Waals surface area contributed by atoms with Crippen molar-refractivity contribution < 1.29 is 22.7 Å². The third-order valence-electron chi connectivity index (χ3n) is 5.92. The molecule has 178 valence electrons. The lowest BCUT2D eigenvalue weighted by Gasteiger charge is -2.34. The number of benzene rings is 1. The molecule has 0 saturated carbocycles. The van der Waals surface area contributed by atoms with Crippen LogP contribution in [0.5, 0.6) is 0 Å². The van der Waals surface area contributed by atoms with E-state index in [1.807, 2.05) is 27.7 Å². The molecule has 9 heteroatoms. The van der Waals surface area contributed by atoms with Gasteiger partial charge in [0.1, 0.15) is 5.60 Å². The summed E-state index contributed by atoms with van der Waals surface area (Å²) in [6.07, 6.45) is 1.46. The van der Waals surface area contributed by atoms with E-state index in [2.05, 4.69) is 0 Å². The Labute approximate surface area is 191 Å². The van der Waals surface area contributed by atoms with Crippen molar-refractivity contribution in [1.29, 1.82) is 0 Å². The maximum Gasteiger partial charge on any atom is 0.410 e. The molecule has 0 spiro atoms. The van der Waals surface area contributed by atoms with E-state index < -0.39 is 15.6 Å². The highest BCUT2D eigenvalue weighted by Crippen LogP contribution is 2.24. The Bertz CT molecular complexity index is 916. The summed E-state index contributed by atoms with van der Waals surface area (Å²) in [6.45, 7) is 10.0. The second-order valence-corrected chi connectivity index (χ2v) is 11.6. The van der Waals surface area contributed by atoms with Gasteiger partial charge in [0.2, 0.25) is 15.9 Å². The van der Waals surface area contributed by atoms with Crippen molar-refractivity contribution in [3.05, 3.63) is 29.8 Å². The van der Waals surface area contributed by atoms with Crippen LogP contribution in [0.15, 0.2) is 29.2 Å². The number of nitrogens with zero attached hydrogens (tertiary/aromatic N) is 3. The van der Waals surface area contributed by atoms with E-state index in [1.165, 1.54) is 4.31 Å². The minimum atomic E-state index is -3.57. The molecule has 0 unspecified atom stereocenters. The zero-order valence-electron chi connectivity index (χ0n) is 19.5. The van der Waals surface area contributed by atoms with Gasteiger partial charge < -0.3 is 14.5 Å². The molecule has 2 aliphatic rings. The zero-order valence-corrected chi connectivity index (χ0v) is 20.4. The fourth-order valence-corrected chi connectivity index (χ4v) is 5.58. The maximum absolute atomic E-state index is 13.1. The Hall–Kier alpha value is -2.13. The number of rotatable bonds is 3. The molecule has 2 aliphatic heterocycles. The number of amides is 2. The van der Waals surface area contributed by atoms with Crippen LogP contribution in [-0.2, 0) is 19.6 Å². The van der Waals surface area contributed by atoms with E-state index in [0.717, 1.165) is 5.56 Å². The van der Waals surface area contributed by atoms with Crippen LogP contribution in [0, 0.1) is 12.8 Å². The highest BCUT2D eigenvalue weighted by atomic mass is 32.2. The van der Waals surface area contributed by atoms with Crippen LogP contribution in [0.3, 0.4) is 0 Å². The van der Waals surface area contributed by atoms with Crippen molar-refractivity contribution in [3.8, 4) is 0 Å². The van der Waals surface area contributed by atoms with Crippen LogP contribution < -0.4 is 0 Å². The summed E-state index contributed by atoms with van der Waals surface area (Å²) in [5.41, 5.74) is 0.468. The van der Waals surface area contributed by atoms with Crippen LogP contribution in [-0.4, -0.2) is 79.4 Å². The SMILES string of the molecule is Cc1ccc(S(=O)(=O)N2CCCN(C(=O)C3CCN(C(=O)OC(C)(C)C)CC3)CC2)cc1. The van der Waals surface area contributed by atoms with Gasteiger partial charge in [0.25, 0.3) is 0 Å². The highest BCUT2D eigenvalue weighted by Gasteiger charge is 2.34. The number of likely N-dealkylation sites (tertiary alicyclic amines) is 1. The van der Waals surface area contributed by atoms with Crippen LogP contribution in [0.1, 0.15) is 45.6 Å². The van der Waals surface area contributed by atoms with Gasteiger partial charge in [-0.1, -0.05) is 17.7 Å². The molecule has 3 rings (SSSR count). The molecule has 2 heterocycles. The van der Waals surface area contributed by atoms with Gasteiger partial charge in [-0.05, 0) is 59.1 Å². The number of sulfonamides is 1. The average molecular weight is 466 g/mol. The molecule has 0 aliphatic carbocycles. The molecule has 0 N–H and O–H groups in total. The van der Waals surface area contributed by atoms with Crippen molar-refractivity contribution in [3.63, 3.8) is 0 Å². The van der Waals surface area contributed by atoms with Crippen molar-refractivity contribution in [2.45, 2.75) is 57.5 Å². The molecule has 32 heavy (non-hydrogen) atoms. The maximum atomic E-state index is 13.1. The summed E-state index contributed by atoms with van der Waals surface area (Å²) >= 11 is 0. The van der Waals surface area contributed by atoms with Crippen LogP contribution in [0.4, 0.5) is 4.79 Å². The van der Waals surface area contributed by atoms with Gasteiger partial charge in [-0.3, -0.25) is 4.79 Å². The second kappa shape index (κ2) is 9.79. The van der Waals surface area contributed by atoms with Crippen molar-refractivity contribution in [1.82, 2.24) is 14.1 Å². The molecule has 8 nitrogen and oxygen atoms in total.